The van der Waals surface area contributed by atoms with E-state index >= 15 is 0 Å². The van der Waals surface area contributed by atoms with Gasteiger partial charge in [-0.1, -0.05) is 12.1 Å². The molecule has 1 heterocycles. The van der Waals surface area contributed by atoms with Crippen molar-refractivity contribution in [3.05, 3.63) is 70.3 Å². The zero-order valence-electron chi connectivity index (χ0n) is 17.8. The van der Waals surface area contributed by atoms with E-state index < -0.39 is 12.2 Å². The van der Waals surface area contributed by atoms with Gasteiger partial charge in [0.2, 0.25) is 5.91 Å². The maximum Gasteiger partial charge on any atom is 0.414 e. The van der Waals surface area contributed by atoms with E-state index in [-0.39, 0.29) is 18.2 Å². The van der Waals surface area contributed by atoms with E-state index in [1.54, 1.807) is 30.3 Å². The number of amides is 2. The SMILES string of the molecule is CC(=O)NCC1CN(c2ccc3c(c2)CCC/C(=C/c2cccc(C#N)c2)C3=O)C(=O)O1. The Kier molecular flexibility index (Phi) is 6.04. The Morgan fingerprint density at radius 3 is 2.88 bits per heavy atom. The van der Waals surface area contributed by atoms with Crippen LogP contribution in [-0.2, 0) is 16.0 Å². The predicted octanol–water partition coefficient (Wildman–Crippen LogP) is 3.62. The monoisotopic (exact) mass is 429 g/mol. The summed E-state index contributed by atoms with van der Waals surface area (Å²) in [5, 5.41) is 11.8. The van der Waals surface area contributed by atoms with Gasteiger partial charge in [0.15, 0.2) is 5.78 Å². The normalized spacial score (nSPS) is 19.2. The van der Waals surface area contributed by atoms with E-state index in [4.69, 9.17) is 10.00 Å². The van der Waals surface area contributed by atoms with Crippen LogP contribution in [0.15, 0.2) is 48.0 Å². The minimum Gasteiger partial charge on any atom is -0.442 e. The predicted molar refractivity (Wildman–Crippen MR) is 119 cm³/mol. The lowest BCUT2D eigenvalue weighted by atomic mass is 9.97. The number of carbonyl (C=O) groups is 3. The van der Waals surface area contributed by atoms with Gasteiger partial charge in [-0.05, 0) is 66.8 Å². The Balaban J connectivity index is 1.56. The Morgan fingerprint density at radius 2 is 2.09 bits per heavy atom. The first-order valence-corrected chi connectivity index (χ1v) is 10.6. The number of hydrogen-bond acceptors (Lipinski definition) is 5. The number of nitriles is 1. The number of rotatable bonds is 4. The zero-order valence-corrected chi connectivity index (χ0v) is 17.8. The number of aryl methyl sites for hydroxylation is 1. The summed E-state index contributed by atoms with van der Waals surface area (Å²) in [6, 6.07) is 14.7. The van der Waals surface area contributed by atoms with Gasteiger partial charge in [0.05, 0.1) is 24.7 Å². The van der Waals surface area contributed by atoms with Crippen LogP contribution in [0.25, 0.3) is 6.08 Å². The van der Waals surface area contributed by atoms with E-state index in [9.17, 15) is 14.4 Å². The molecule has 162 valence electrons. The highest BCUT2D eigenvalue weighted by Crippen LogP contribution is 2.30. The van der Waals surface area contributed by atoms with Crippen LogP contribution in [0.4, 0.5) is 10.5 Å². The summed E-state index contributed by atoms with van der Waals surface area (Å²) in [5.41, 5.74) is 4.32. The first-order valence-electron chi connectivity index (χ1n) is 10.6. The number of hydrogen-bond donors (Lipinski definition) is 1. The largest absolute Gasteiger partial charge is 0.442 e. The third kappa shape index (κ3) is 4.54. The van der Waals surface area contributed by atoms with Crippen LogP contribution >= 0.6 is 0 Å². The molecular weight excluding hydrogens is 406 g/mol. The van der Waals surface area contributed by atoms with Crippen molar-refractivity contribution in [1.82, 2.24) is 5.32 Å². The molecule has 0 saturated carbocycles. The lowest BCUT2D eigenvalue weighted by Crippen LogP contribution is -2.33. The number of nitrogens with zero attached hydrogens (tertiary/aromatic N) is 2. The molecule has 1 atom stereocenters. The highest BCUT2D eigenvalue weighted by molar-refractivity contribution is 6.12. The third-order valence-electron chi connectivity index (χ3n) is 5.64. The topological polar surface area (TPSA) is 99.5 Å². The summed E-state index contributed by atoms with van der Waals surface area (Å²) < 4.78 is 5.34. The van der Waals surface area contributed by atoms with Crippen molar-refractivity contribution in [2.75, 3.05) is 18.0 Å². The average Bonchev–Trinajstić information content (AvgIpc) is 3.09. The van der Waals surface area contributed by atoms with Crippen molar-refractivity contribution >= 4 is 29.5 Å². The highest BCUT2D eigenvalue weighted by Gasteiger charge is 2.33. The molecule has 7 nitrogen and oxygen atoms in total. The van der Waals surface area contributed by atoms with Crippen molar-refractivity contribution < 1.29 is 19.1 Å². The summed E-state index contributed by atoms with van der Waals surface area (Å²) in [6.45, 7) is 2.02. The number of allylic oxidation sites excluding steroid dienone is 1. The maximum absolute atomic E-state index is 13.2. The van der Waals surface area contributed by atoms with Crippen molar-refractivity contribution in [3.8, 4) is 6.07 Å². The molecular formula is C25H23N3O4. The van der Waals surface area contributed by atoms with Gasteiger partial charge in [-0.25, -0.2) is 4.79 Å². The van der Waals surface area contributed by atoms with Gasteiger partial charge in [0.25, 0.3) is 0 Å². The number of ketones is 1. The highest BCUT2D eigenvalue weighted by atomic mass is 16.6. The molecule has 2 aromatic rings. The molecule has 1 aliphatic carbocycles. The number of nitrogens with one attached hydrogen (secondary N) is 1. The second kappa shape index (κ2) is 9.06. The second-order valence-electron chi connectivity index (χ2n) is 7.98. The second-order valence-corrected chi connectivity index (χ2v) is 7.98. The smallest absolute Gasteiger partial charge is 0.414 e. The Bertz CT molecular complexity index is 1160. The minimum atomic E-state index is -0.460. The Morgan fingerprint density at radius 1 is 1.25 bits per heavy atom. The Labute approximate surface area is 186 Å². The molecule has 1 N–H and O–H groups in total. The van der Waals surface area contributed by atoms with Crippen molar-refractivity contribution in [1.29, 1.82) is 5.26 Å². The number of cyclic esters (lactones) is 1. The maximum atomic E-state index is 13.2. The van der Waals surface area contributed by atoms with Crippen molar-refractivity contribution in [2.24, 2.45) is 0 Å². The minimum absolute atomic E-state index is 0.0288. The number of Topliss-reactive ketones (excluding diaryl/α,β-unsaturated/α-hetero) is 1. The number of benzene rings is 2. The molecule has 1 aliphatic heterocycles. The lowest BCUT2D eigenvalue weighted by molar-refractivity contribution is -0.119. The average molecular weight is 429 g/mol. The first-order chi connectivity index (χ1) is 15.4. The molecule has 2 aromatic carbocycles. The standard InChI is InChI=1S/C25H23N3O4/c1-16(29)27-14-22-15-28(25(31)32-22)21-8-9-23-19(12-21)6-3-7-20(24(23)30)11-17-4-2-5-18(10-17)13-26/h2,4-5,8-12,22H,3,6-7,14-15H2,1H3,(H,27,29)/b20-11-. The molecule has 1 fully saturated rings. The van der Waals surface area contributed by atoms with Crippen LogP contribution in [-0.4, -0.2) is 37.0 Å². The summed E-state index contributed by atoms with van der Waals surface area (Å²) in [4.78, 5) is 38.2. The van der Waals surface area contributed by atoms with Gasteiger partial charge in [0.1, 0.15) is 6.10 Å². The van der Waals surface area contributed by atoms with Crippen LogP contribution in [0.1, 0.15) is 46.8 Å². The lowest BCUT2D eigenvalue weighted by Gasteiger charge is -2.16. The molecule has 0 bridgehead atoms. The molecule has 32 heavy (non-hydrogen) atoms. The van der Waals surface area contributed by atoms with E-state index in [2.05, 4.69) is 11.4 Å². The number of anilines is 1. The fourth-order valence-corrected chi connectivity index (χ4v) is 4.07. The first kappa shape index (κ1) is 21.3. The number of carbonyl (C=O) groups excluding carboxylic acids is 3. The van der Waals surface area contributed by atoms with Crippen LogP contribution in [0.3, 0.4) is 0 Å². The van der Waals surface area contributed by atoms with E-state index in [1.165, 1.54) is 11.8 Å². The van der Waals surface area contributed by atoms with Crippen LogP contribution in [0.5, 0.6) is 0 Å². The quantitative estimate of drug-likeness (QED) is 0.591. The van der Waals surface area contributed by atoms with E-state index in [0.29, 0.717) is 35.4 Å². The van der Waals surface area contributed by atoms with Crippen LogP contribution in [0, 0.1) is 11.3 Å². The van der Waals surface area contributed by atoms with Gasteiger partial charge in [-0.3, -0.25) is 14.5 Å². The molecule has 1 unspecified atom stereocenters. The summed E-state index contributed by atoms with van der Waals surface area (Å²) in [5.74, 6) is -0.204. The van der Waals surface area contributed by atoms with Gasteiger partial charge in [-0.2, -0.15) is 5.26 Å². The zero-order chi connectivity index (χ0) is 22.7. The van der Waals surface area contributed by atoms with E-state index in [0.717, 1.165) is 24.0 Å². The van der Waals surface area contributed by atoms with Crippen molar-refractivity contribution in [3.63, 3.8) is 0 Å². The fraction of sp³-hybridized carbons (Fsp3) is 0.280. The van der Waals surface area contributed by atoms with E-state index in [1.807, 2.05) is 18.2 Å². The number of ether oxygens (including phenoxy) is 1. The van der Waals surface area contributed by atoms with Gasteiger partial charge in [0, 0.05) is 23.7 Å². The van der Waals surface area contributed by atoms with Crippen LogP contribution in [0.2, 0.25) is 0 Å². The molecule has 1 saturated heterocycles. The summed E-state index contributed by atoms with van der Waals surface area (Å²) >= 11 is 0. The van der Waals surface area contributed by atoms with Gasteiger partial charge < -0.3 is 10.1 Å². The molecule has 4 rings (SSSR count). The molecule has 0 radical (unpaired) electrons. The van der Waals surface area contributed by atoms with Crippen LogP contribution < -0.4 is 10.2 Å². The molecule has 2 amide bonds. The molecule has 0 spiro atoms. The molecule has 2 aliphatic rings. The van der Waals surface area contributed by atoms with Gasteiger partial charge in [-0.15, -0.1) is 0 Å². The fourth-order valence-electron chi connectivity index (χ4n) is 4.07. The van der Waals surface area contributed by atoms with Gasteiger partial charge >= 0.3 is 6.09 Å². The summed E-state index contributed by atoms with van der Waals surface area (Å²) in [7, 11) is 0. The molecule has 0 aromatic heterocycles. The molecule has 7 heteroatoms. The summed E-state index contributed by atoms with van der Waals surface area (Å²) in [6.07, 6.45) is 3.16. The number of fused-ring (bicyclic) bond motifs is 1. The van der Waals surface area contributed by atoms with Crippen molar-refractivity contribution in [2.45, 2.75) is 32.3 Å². The third-order valence-corrected chi connectivity index (χ3v) is 5.64. The Hall–Kier alpha value is -3.92.